The zero-order valence-corrected chi connectivity index (χ0v) is 23.4. The molecule has 19 heteroatoms. The predicted molar refractivity (Wildman–Crippen MR) is 133 cm³/mol. The minimum absolute atomic E-state index is 0.0457. The third kappa shape index (κ3) is 8.70. The molecule has 2 rings (SSSR count). The molecule has 0 aliphatic carbocycles. The number of benzene rings is 1. The lowest BCUT2D eigenvalue weighted by atomic mass is 10.1. The van der Waals surface area contributed by atoms with Crippen LogP contribution in [0.25, 0.3) is 0 Å². The number of anilines is 1. The third-order valence-corrected chi connectivity index (χ3v) is 8.40. The van der Waals surface area contributed by atoms with Crippen LogP contribution in [-0.4, -0.2) is 118 Å². The fourth-order valence-corrected chi connectivity index (χ4v) is 6.30. The van der Waals surface area contributed by atoms with Crippen molar-refractivity contribution in [1.29, 1.82) is 0 Å². The van der Waals surface area contributed by atoms with Crippen molar-refractivity contribution in [2.75, 3.05) is 75.5 Å². The largest absolute Gasteiger partial charge is 0.418 e. The number of alkyl halides is 4. The number of nitro groups is 1. The second-order valence-corrected chi connectivity index (χ2v) is 12.7. The number of nitrogens with zero attached hydrogens (tertiary/aromatic N) is 4. The molecule has 1 saturated heterocycles. The van der Waals surface area contributed by atoms with Crippen LogP contribution in [0, 0.1) is 10.1 Å². The maximum absolute atomic E-state index is 14.2. The van der Waals surface area contributed by atoms with Gasteiger partial charge in [-0.2, -0.15) is 25.9 Å². The number of piperazine rings is 1. The Bertz CT molecular complexity index is 1190. The van der Waals surface area contributed by atoms with Gasteiger partial charge in [0.15, 0.2) is 0 Å². The fraction of sp³-hybridized carbons (Fsp3) is 0.684. The Labute approximate surface area is 226 Å². The molecule has 0 unspecified atom stereocenters. The summed E-state index contributed by atoms with van der Waals surface area (Å²) < 4.78 is 98.1. The van der Waals surface area contributed by atoms with Gasteiger partial charge >= 0.3 is 6.18 Å². The van der Waals surface area contributed by atoms with Crippen LogP contribution in [0.1, 0.15) is 5.56 Å². The van der Waals surface area contributed by atoms with Gasteiger partial charge in [-0.25, -0.2) is 8.42 Å². The fourth-order valence-electron chi connectivity index (χ4n) is 3.82. The summed E-state index contributed by atoms with van der Waals surface area (Å²) >= 11 is 3.08. The molecule has 13 nitrogen and oxygen atoms in total. The van der Waals surface area contributed by atoms with Crippen LogP contribution in [0.15, 0.2) is 17.0 Å². The number of sulfonamides is 1. The summed E-state index contributed by atoms with van der Waals surface area (Å²) in [5.74, 6) is 0. The highest BCUT2D eigenvalue weighted by atomic mass is 79.9. The molecule has 1 aromatic rings. The Morgan fingerprint density at radius 2 is 1.79 bits per heavy atom. The average molecular weight is 657 g/mol. The van der Waals surface area contributed by atoms with Crippen LogP contribution in [-0.2, 0) is 30.5 Å². The smallest absolute Gasteiger partial charge is 0.394 e. The van der Waals surface area contributed by atoms with Crippen LogP contribution in [0.3, 0.4) is 0 Å². The Balaban J connectivity index is 2.62. The van der Waals surface area contributed by atoms with E-state index in [1.54, 1.807) is 4.90 Å². The quantitative estimate of drug-likeness (QED) is 0.131. The van der Waals surface area contributed by atoms with Gasteiger partial charge in [0.1, 0.15) is 4.90 Å². The molecule has 0 spiro atoms. The summed E-state index contributed by atoms with van der Waals surface area (Å²) in [6.45, 7) is -1.99. The van der Waals surface area contributed by atoms with E-state index in [-0.39, 0.29) is 50.7 Å². The third-order valence-electron chi connectivity index (χ3n) is 5.53. The minimum atomic E-state index is -5.20. The van der Waals surface area contributed by atoms with Gasteiger partial charge in [-0.15, -0.1) is 0 Å². The molecule has 0 bridgehead atoms. The molecule has 218 valence electrons. The molecule has 0 radical (unpaired) electrons. The number of rotatable bonds is 13. The molecular weight excluding hydrogens is 629 g/mol. The molecular formula is C19H28BrF3N4O9S2. The van der Waals surface area contributed by atoms with E-state index in [0.29, 0.717) is 6.07 Å². The van der Waals surface area contributed by atoms with Gasteiger partial charge in [0.05, 0.1) is 41.7 Å². The SMILES string of the molecule is CS(=O)(=O)OCCN(CCBr)c1c(C(F)(F)F)cc([N+](=O)[O-])cc1S(=O)(=O)N1CCN(C[C@H](O)CO)CC1. The summed E-state index contributed by atoms with van der Waals surface area (Å²) in [4.78, 5) is 12.0. The molecule has 1 fully saturated rings. The molecule has 38 heavy (non-hydrogen) atoms. The first-order valence-electron chi connectivity index (χ1n) is 11.1. The zero-order valence-electron chi connectivity index (χ0n) is 20.2. The summed E-state index contributed by atoms with van der Waals surface area (Å²) in [7, 11) is -8.69. The van der Waals surface area contributed by atoms with Crippen molar-refractivity contribution in [1.82, 2.24) is 9.21 Å². The van der Waals surface area contributed by atoms with Crippen molar-refractivity contribution in [3.8, 4) is 0 Å². The number of hydrogen-bond donors (Lipinski definition) is 2. The van der Waals surface area contributed by atoms with Crippen LogP contribution in [0.2, 0.25) is 0 Å². The first-order chi connectivity index (χ1) is 17.5. The summed E-state index contributed by atoms with van der Waals surface area (Å²) in [5.41, 5.74) is -3.52. The molecule has 0 aromatic heterocycles. The van der Waals surface area contributed by atoms with Crippen molar-refractivity contribution in [2.45, 2.75) is 17.2 Å². The number of aliphatic hydroxyl groups excluding tert-OH is 2. The minimum Gasteiger partial charge on any atom is -0.394 e. The number of nitro benzene ring substituents is 1. The number of aliphatic hydroxyl groups is 2. The Hall–Kier alpha value is -1.61. The van der Waals surface area contributed by atoms with Gasteiger partial charge in [0, 0.05) is 63.3 Å². The van der Waals surface area contributed by atoms with Crippen LogP contribution in [0.5, 0.6) is 0 Å². The molecule has 1 heterocycles. The molecule has 1 aliphatic rings. The lowest BCUT2D eigenvalue weighted by Gasteiger charge is -2.36. The molecule has 0 amide bonds. The van der Waals surface area contributed by atoms with Gasteiger partial charge in [-0.1, -0.05) is 15.9 Å². The average Bonchev–Trinajstić information content (AvgIpc) is 2.81. The second kappa shape index (κ2) is 13.2. The van der Waals surface area contributed by atoms with E-state index >= 15 is 0 Å². The van der Waals surface area contributed by atoms with E-state index in [4.69, 9.17) is 5.11 Å². The number of hydrogen-bond acceptors (Lipinski definition) is 11. The maximum atomic E-state index is 14.2. The Morgan fingerprint density at radius 3 is 2.26 bits per heavy atom. The van der Waals surface area contributed by atoms with Crippen molar-refractivity contribution in [2.24, 2.45) is 0 Å². The first-order valence-corrected chi connectivity index (χ1v) is 15.5. The van der Waals surface area contributed by atoms with Gasteiger partial charge in [-0.3, -0.25) is 19.2 Å². The Kier molecular flexibility index (Phi) is 11.3. The van der Waals surface area contributed by atoms with Crippen molar-refractivity contribution in [3.63, 3.8) is 0 Å². The highest BCUT2D eigenvalue weighted by Crippen LogP contribution is 2.43. The molecule has 0 saturated carbocycles. The molecule has 2 N–H and O–H groups in total. The topological polar surface area (TPSA) is 171 Å². The number of halogens is 4. The van der Waals surface area contributed by atoms with Gasteiger partial charge < -0.3 is 15.1 Å². The molecule has 1 atom stereocenters. The summed E-state index contributed by atoms with van der Waals surface area (Å²) in [6.07, 6.45) is -5.53. The van der Waals surface area contributed by atoms with Gasteiger partial charge in [0.2, 0.25) is 10.0 Å². The summed E-state index contributed by atoms with van der Waals surface area (Å²) in [5, 5.41) is 30.1. The highest BCUT2D eigenvalue weighted by molar-refractivity contribution is 9.09. The van der Waals surface area contributed by atoms with Crippen molar-refractivity contribution in [3.05, 3.63) is 27.8 Å². The van der Waals surface area contributed by atoms with Crippen molar-refractivity contribution < 1.29 is 49.3 Å². The van der Waals surface area contributed by atoms with Crippen LogP contribution in [0.4, 0.5) is 24.5 Å². The summed E-state index contributed by atoms with van der Waals surface area (Å²) in [6, 6.07) is 0.793. The lowest BCUT2D eigenvalue weighted by Crippen LogP contribution is -2.50. The van der Waals surface area contributed by atoms with E-state index in [1.807, 2.05) is 0 Å². The van der Waals surface area contributed by atoms with Crippen LogP contribution < -0.4 is 4.90 Å². The number of non-ortho nitro benzene ring substituents is 1. The normalized spacial score (nSPS) is 16.9. The van der Waals surface area contributed by atoms with Gasteiger partial charge in [0.25, 0.3) is 15.8 Å². The molecule has 1 aromatic carbocycles. The van der Waals surface area contributed by atoms with Crippen molar-refractivity contribution >= 4 is 47.4 Å². The molecule has 1 aliphatic heterocycles. The van der Waals surface area contributed by atoms with E-state index < -0.39 is 78.9 Å². The highest BCUT2D eigenvalue weighted by Gasteiger charge is 2.42. The first kappa shape index (κ1) is 32.6. The van der Waals surface area contributed by atoms with E-state index in [9.17, 15) is 45.2 Å². The number of β-amino-alcohol motifs (C(OH)–C–C–N with tert-alkyl or cyclic N) is 1. The zero-order chi connectivity index (χ0) is 28.9. The second-order valence-electron chi connectivity index (χ2n) is 8.34. The van der Waals surface area contributed by atoms with E-state index in [1.165, 1.54) is 0 Å². The monoisotopic (exact) mass is 656 g/mol. The van der Waals surface area contributed by atoms with Gasteiger partial charge in [-0.05, 0) is 0 Å². The lowest BCUT2D eigenvalue weighted by molar-refractivity contribution is -0.385. The van der Waals surface area contributed by atoms with E-state index in [2.05, 4.69) is 20.1 Å². The maximum Gasteiger partial charge on any atom is 0.418 e. The predicted octanol–water partition coefficient (Wildman–Crippen LogP) is 0.451. The van der Waals surface area contributed by atoms with Crippen LogP contribution >= 0.6 is 15.9 Å². The standard InChI is InChI=1S/C19H28BrF3N4O9S2/c1-37(32,33)36-9-8-25(3-2-20)18-16(19(21,22)23)10-14(27(30)31)11-17(18)38(34,35)26-6-4-24(5-7-26)12-15(29)13-28/h10-11,15,28-29H,2-9,12-13H2,1H3/t15-/m0/s1. The van der Waals surface area contributed by atoms with E-state index in [0.717, 1.165) is 15.5 Å². The Morgan fingerprint density at radius 1 is 1.18 bits per heavy atom.